The van der Waals surface area contributed by atoms with Crippen LogP contribution < -0.4 is 5.73 Å². The van der Waals surface area contributed by atoms with Crippen molar-refractivity contribution in [2.45, 2.75) is 38.6 Å². The quantitative estimate of drug-likeness (QED) is 0.793. The average molecular weight is 232 g/mol. The summed E-state index contributed by atoms with van der Waals surface area (Å²) in [6.45, 7) is 3.00. The first kappa shape index (κ1) is 12.0. The van der Waals surface area contributed by atoms with Crippen LogP contribution in [0.4, 0.5) is 5.69 Å². The van der Waals surface area contributed by atoms with Gasteiger partial charge in [-0.15, -0.1) is 0 Å². The highest BCUT2D eigenvalue weighted by Gasteiger charge is 2.32. The molecule has 92 valence electrons. The lowest BCUT2D eigenvalue weighted by Crippen LogP contribution is -2.34. The molecule has 0 bridgehead atoms. The lowest BCUT2D eigenvalue weighted by Gasteiger charge is -2.22. The van der Waals surface area contributed by atoms with E-state index in [-0.39, 0.29) is 5.91 Å². The number of nitrogens with two attached hydrogens (primary N) is 1. The first-order valence-electron chi connectivity index (χ1n) is 6.39. The highest BCUT2D eigenvalue weighted by atomic mass is 16.2. The summed E-state index contributed by atoms with van der Waals surface area (Å²) in [5.74, 6) is 0.0963. The van der Waals surface area contributed by atoms with Gasteiger partial charge in [0.1, 0.15) is 0 Å². The molecule has 0 aliphatic heterocycles. The van der Waals surface area contributed by atoms with Crippen LogP contribution in [0.15, 0.2) is 24.3 Å². The summed E-state index contributed by atoms with van der Waals surface area (Å²) >= 11 is 0. The number of hydrogen-bond acceptors (Lipinski definition) is 2. The maximum absolute atomic E-state index is 12.4. The molecule has 0 spiro atoms. The lowest BCUT2D eigenvalue weighted by molar-refractivity contribution is 0.0742. The smallest absolute Gasteiger partial charge is 0.256 e. The van der Waals surface area contributed by atoms with Crippen LogP contribution in [0, 0.1) is 0 Å². The molecule has 0 heterocycles. The summed E-state index contributed by atoms with van der Waals surface area (Å²) < 4.78 is 0. The van der Waals surface area contributed by atoms with E-state index >= 15 is 0 Å². The number of rotatable bonds is 5. The fourth-order valence-electron chi connectivity index (χ4n) is 2.01. The molecule has 3 nitrogen and oxygen atoms in total. The van der Waals surface area contributed by atoms with Crippen molar-refractivity contribution in [3.8, 4) is 0 Å². The summed E-state index contributed by atoms with van der Waals surface area (Å²) in [6.07, 6.45) is 4.46. The van der Waals surface area contributed by atoms with Crippen LogP contribution in [0.1, 0.15) is 43.0 Å². The van der Waals surface area contributed by atoms with Gasteiger partial charge in [-0.25, -0.2) is 0 Å². The van der Waals surface area contributed by atoms with E-state index in [0.29, 0.717) is 17.3 Å². The summed E-state index contributed by atoms with van der Waals surface area (Å²) in [4.78, 5) is 14.4. The molecule has 1 amide bonds. The molecule has 2 rings (SSSR count). The van der Waals surface area contributed by atoms with Gasteiger partial charge in [0.2, 0.25) is 0 Å². The Hall–Kier alpha value is -1.51. The van der Waals surface area contributed by atoms with E-state index in [1.165, 1.54) is 0 Å². The molecule has 1 saturated carbocycles. The lowest BCUT2D eigenvalue weighted by atomic mass is 10.1. The maximum Gasteiger partial charge on any atom is 0.256 e. The molecule has 0 atom stereocenters. The first-order valence-corrected chi connectivity index (χ1v) is 6.39. The van der Waals surface area contributed by atoms with Crippen molar-refractivity contribution < 1.29 is 4.79 Å². The molecule has 0 unspecified atom stereocenters. The number of hydrogen-bond donors (Lipinski definition) is 1. The molecule has 0 radical (unpaired) electrons. The number of anilines is 1. The summed E-state index contributed by atoms with van der Waals surface area (Å²) in [6, 6.07) is 7.79. The average Bonchev–Trinajstić information content (AvgIpc) is 3.14. The van der Waals surface area contributed by atoms with Crippen molar-refractivity contribution in [3.05, 3.63) is 29.8 Å². The number of nitrogen functional groups attached to an aromatic ring is 1. The topological polar surface area (TPSA) is 46.3 Å². The highest BCUT2D eigenvalue weighted by molar-refractivity contribution is 5.99. The minimum absolute atomic E-state index is 0.0963. The van der Waals surface area contributed by atoms with Crippen LogP contribution >= 0.6 is 0 Å². The Morgan fingerprint density at radius 3 is 2.71 bits per heavy atom. The zero-order chi connectivity index (χ0) is 12.3. The molecule has 0 saturated heterocycles. The zero-order valence-electron chi connectivity index (χ0n) is 10.4. The predicted molar refractivity (Wildman–Crippen MR) is 69.8 cm³/mol. The van der Waals surface area contributed by atoms with E-state index in [1.54, 1.807) is 6.07 Å². The van der Waals surface area contributed by atoms with Crippen LogP contribution in [0.5, 0.6) is 0 Å². The Morgan fingerprint density at radius 2 is 2.12 bits per heavy atom. The minimum atomic E-state index is 0.0963. The third-order valence-electron chi connectivity index (χ3n) is 3.19. The van der Waals surface area contributed by atoms with Crippen LogP contribution in [0.2, 0.25) is 0 Å². The molecule has 1 aliphatic rings. The molecule has 1 aromatic rings. The molecule has 1 aromatic carbocycles. The van der Waals surface area contributed by atoms with Crippen LogP contribution in [-0.2, 0) is 0 Å². The highest BCUT2D eigenvalue weighted by Crippen LogP contribution is 2.29. The Kier molecular flexibility index (Phi) is 3.67. The Morgan fingerprint density at radius 1 is 1.41 bits per heavy atom. The number of amides is 1. The van der Waals surface area contributed by atoms with Gasteiger partial charge in [-0.05, 0) is 31.4 Å². The van der Waals surface area contributed by atoms with Crippen molar-refractivity contribution in [1.82, 2.24) is 4.90 Å². The normalized spacial score (nSPS) is 14.6. The molecule has 0 aromatic heterocycles. The largest absolute Gasteiger partial charge is 0.398 e. The molecule has 17 heavy (non-hydrogen) atoms. The van der Waals surface area contributed by atoms with Gasteiger partial charge in [0.25, 0.3) is 5.91 Å². The number of para-hydroxylation sites is 1. The number of carbonyl (C=O) groups excluding carboxylic acids is 1. The second kappa shape index (κ2) is 5.21. The van der Waals surface area contributed by atoms with Gasteiger partial charge in [0.15, 0.2) is 0 Å². The minimum Gasteiger partial charge on any atom is -0.398 e. The second-order valence-corrected chi connectivity index (χ2v) is 4.67. The summed E-state index contributed by atoms with van der Waals surface area (Å²) in [7, 11) is 0. The van der Waals surface area contributed by atoms with Crippen molar-refractivity contribution in [3.63, 3.8) is 0 Å². The van der Waals surface area contributed by atoms with E-state index in [2.05, 4.69) is 6.92 Å². The van der Waals surface area contributed by atoms with Crippen molar-refractivity contribution in [2.75, 3.05) is 12.3 Å². The maximum atomic E-state index is 12.4. The fraction of sp³-hybridized carbons (Fsp3) is 0.500. The van der Waals surface area contributed by atoms with Crippen molar-refractivity contribution in [1.29, 1.82) is 0 Å². The standard InChI is InChI=1S/C14H20N2O/c1-2-3-10-16(11-8-9-11)14(17)12-6-4-5-7-13(12)15/h4-7,11H,2-3,8-10,15H2,1H3. The molecule has 1 aliphatic carbocycles. The number of unbranched alkanes of at least 4 members (excludes halogenated alkanes) is 1. The van der Waals surface area contributed by atoms with Crippen LogP contribution in [-0.4, -0.2) is 23.4 Å². The van der Waals surface area contributed by atoms with Crippen LogP contribution in [0.25, 0.3) is 0 Å². The van der Waals surface area contributed by atoms with Gasteiger partial charge < -0.3 is 10.6 Å². The van der Waals surface area contributed by atoms with Crippen molar-refractivity contribution >= 4 is 11.6 Å². The summed E-state index contributed by atoms with van der Waals surface area (Å²) in [5.41, 5.74) is 7.09. The number of benzene rings is 1. The van der Waals surface area contributed by atoms with Crippen molar-refractivity contribution in [2.24, 2.45) is 0 Å². The van der Waals surface area contributed by atoms with E-state index in [1.807, 2.05) is 23.1 Å². The van der Waals surface area contributed by atoms with E-state index < -0.39 is 0 Å². The van der Waals surface area contributed by atoms with Gasteiger partial charge in [0, 0.05) is 18.3 Å². The van der Waals surface area contributed by atoms with E-state index in [9.17, 15) is 4.79 Å². The Bertz CT molecular complexity index is 399. The van der Waals surface area contributed by atoms with Crippen LogP contribution in [0.3, 0.4) is 0 Å². The Labute approximate surface area is 103 Å². The number of carbonyl (C=O) groups is 1. The zero-order valence-corrected chi connectivity index (χ0v) is 10.4. The predicted octanol–water partition coefficient (Wildman–Crippen LogP) is 2.67. The van der Waals surface area contributed by atoms with E-state index in [4.69, 9.17) is 5.73 Å². The van der Waals surface area contributed by atoms with E-state index in [0.717, 1.165) is 32.2 Å². The van der Waals surface area contributed by atoms with Gasteiger partial charge >= 0.3 is 0 Å². The van der Waals surface area contributed by atoms with Gasteiger partial charge in [-0.3, -0.25) is 4.79 Å². The fourth-order valence-corrected chi connectivity index (χ4v) is 2.01. The molecule has 1 fully saturated rings. The Balaban J connectivity index is 2.13. The molecular weight excluding hydrogens is 212 g/mol. The monoisotopic (exact) mass is 232 g/mol. The molecular formula is C14H20N2O. The third-order valence-corrected chi connectivity index (χ3v) is 3.19. The number of nitrogens with zero attached hydrogens (tertiary/aromatic N) is 1. The third kappa shape index (κ3) is 2.78. The van der Waals surface area contributed by atoms with Gasteiger partial charge in [-0.1, -0.05) is 25.5 Å². The molecule has 2 N–H and O–H groups in total. The summed E-state index contributed by atoms with van der Waals surface area (Å²) in [5, 5.41) is 0. The second-order valence-electron chi connectivity index (χ2n) is 4.67. The van der Waals surface area contributed by atoms with Gasteiger partial charge in [-0.2, -0.15) is 0 Å². The first-order chi connectivity index (χ1) is 8.24. The SMILES string of the molecule is CCCCN(C(=O)c1ccccc1N)C1CC1. The molecule has 3 heteroatoms. The van der Waals surface area contributed by atoms with Gasteiger partial charge in [0.05, 0.1) is 5.56 Å².